The van der Waals surface area contributed by atoms with Crippen LogP contribution in [0.25, 0.3) is 0 Å². The Morgan fingerprint density at radius 1 is 1.47 bits per heavy atom. The summed E-state index contributed by atoms with van der Waals surface area (Å²) in [5.41, 5.74) is 0. The molecule has 0 spiro atoms. The van der Waals surface area contributed by atoms with Gasteiger partial charge < -0.3 is 9.47 Å². The quantitative estimate of drug-likeness (QED) is 0.276. The minimum atomic E-state index is -0.447. The van der Waals surface area contributed by atoms with Crippen LogP contribution < -0.4 is 0 Å². The van der Waals surface area contributed by atoms with Gasteiger partial charge >= 0.3 is 5.97 Å². The minimum absolute atomic E-state index is 0.254. The van der Waals surface area contributed by atoms with Gasteiger partial charge in [-0.05, 0) is 23.6 Å². The molecule has 15 heavy (non-hydrogen) atoms. The van der Waals surface area contributed by atoms with Crippen LogP contribution in [-0.4, -0.2) is 25.8 Å². The van der Waals surface area contributed by atoms with Crippen LogP contribution in [0.5, 0.6) is 0 Å². The summed E-state index contributed by atoms with van der Waals surface area (Å²) in [5.74, 6) is -0.447. The number of thioether (sulfide) groups is 1. The molecule has 0 aliphatic carbocycles. The first kappa shape index (κ1) is 14.0. The second kappa shape index (κ2) is 11.1. The maximum Gasteiger partial charge on any atom is 0.331 e. The molecule has 0 aromatic carbocycles. The molecule has 0 heterocycles. The molecule has 0 aromatic rings. The van der Waals surface area contributed by atoms with Gasteiger partial charge in [0.1, 0.15) is 12.0 Å². The molecule has 0 fully saturated rings. The Kier molecular flexibility index (Phi) is 10.4. The Balaban J connectivity index is 3.28. The van der Waals surface area contributed by atoms with E-state index in [1.165, 1.54) is 11.5 Å². The van der Waals surface area contributed by atoms with Gasteiger partial charge in [-0.3, -0.25) is 0 Å². The molecular formula is C10H15NO3S. The van der Waals surface area contributed by atoms with E-state index in [-0.39, 0.29) is 6.61 Å². The van der Waals surface area contributed by atoms with E-state index in [1.807, 2.05) is 5.40 Å². The number of ether oxygens (including phenoxy) is 2. The Morgan fingerprint density at radius 3 is 2.93 bits per heavy atom. The molecule has 5 heteroatoms. The molecule has 0 radical (unpaired) electrons. The van der Waals surface area contributed by atoms with Gasteiger partial charge in [0.25, 0.3) is 0 Å². The minimum Gasteiger partial charge on any atom is -0.460 e. The second-order valence-corrected chi connectivity index (χ2v) is 3.34. The van der Waals surface area contributed by atoms with Crippen molar-refractivity contribution < 1.29 is 14.3 Å². The van der Waals surface area contributed by atoms with Crippen molar-refractivity contribution in [1.29, 1.82) is 5.26 Å². The monoisotopic (exact) mass is 229 g/mol. The van der Waals surface area contributed by atoms with Crippen molar-refractivity contribution in [2.75, 3.05) is 19.8 Å². The van der Waals surface area contributed by atoms with Crippen LogP contribution in [0.4, 0.5) is 0 Å². The molecule has 0 aliphatic heterocycles. The van der Waals surface area contributed by atoms with Gasteiger partial charge in [0, 0.05) is 12.7 Å². The maximum absolute atomic E-state index is 10.9. The smallest absolute Gasteiger partial charge is 0.331 e. The topological polar surface area (TPSA) is 59.3 Å². The van der Waals surface area contributed by atoms with E-state index in [9.17, 15) is 4.79 Å². The first-order valence-electron chi connectivity index (χ1n) is 4.77. The van der Waals surface area contributed by atoms with E-state index in [1.54, 1.807) is 0 Å². The zero-order valence-electron chi connectivity index (χ0n) is 8.77. The highest BCUT2D eigenvalue weighted by Crippen LogP contribution is 1.97. The number of carbonyl (C=O) groups is 1. The normalized spacial score (nSPS) is 10.1. The Morgan fingerprint density at radius 2 is 2.27 bits per heavy atom. The Bertz CT molecular complexity index is 235. The fourth-order valence-corrected chi connectivity index (χ4v) is 0.958. The van der Waals surface area contributed by atoms with Gasteiger partial charge in [0.2, 0.25) is 0 Å². The average molecular weight is 229 g/mol. The number of thiocyanates is 1. The van der Waals surface area contributed by atoms with E-state index < -0.39 is 5.97 Å². The molecule has 0 unspecified atom stereocenters. The van der Waals surface area contributed by atoms with Crippen molar-refractivity contribution in [3.8, 4) is 5.40 Å². The molecule has 0 aromatic heterocycles. The summed E-state index contributed by atoms with van der Waals surface area (Å²) < 4.78 is 9.99. The van der Waals surface area contributed by atoms with E-state index in [2.05, 4.69) is 6.92 Å². The van der Waals surface area contributed by atoms with Gasteiger partial charge in [-0.2, -0.15) is 5.26 Å². The van der Waals surface area contributed by atoms with E-state index in [4.69, 9.17) is 14.7 Å². The van der Waals surface area contributed by atoms with Gasteiger partial charge in [0.05, 0.1) is 6.61 Å². The van der Waals surface area contributed by atoms with Crippen molar-refractivity contribution in [2.45, 2.75) is 19.8 Å². The number of nitrogens with zero attached hydrogens (tertiary/aromatic N) is 1. The molecule has 4 nitrogen and oxygen atoms in total. The highest BCUT2D eigenvalue weighted by Gasteiger charge is 1.95. The van der Waals surface area contributed by atoms with Crippen LogP contribution in [0.1, 0.15) is 19.8 Å². The third kappa shape index (κ3) is 10.9. The Hall–Kier alpha value is -0.990. The lowest BCUT2D eigenvalue weighted by Gasteiger charge is -2.03. The van der Waals surface area contributed by atoms with Crippen LogP contribution in [0.15, 0.2) is 11.5 Å². The maximum atomic E-state index is 10.9. The van der Waals surface area contributed by atoms with Crippen LogP contribution in [0, 0.1) is 10.7 Å². The summed E-state index contributed by atoms with van der Waals surface area (Å²) in [5, 5.41) is 11.4. The molecule has 0 atom stereocenters. The van der Waals surface area contributed by atoms with Crippen molar-refractivity contribution in [2.24, 2.45) is 0 Å². The van der Waals surface area contributed by atoms with E-state index >= 15 is 0 Å². The first-order valence-corrected chi connectivity index (χ1v) is 5.65. The Labute approximate surface area is 94.2 Å². The molecule has 84 valence electrons. The third-order valence-corrected chi connectivity index (χ3v) is 1.82. The van der Waals surface area contributed by atoms with E-state index in [0.29, 0.717) is 13.2 Å². The fourth-order valence-electron chi connectivity index (χ4n) is 0.718. The molecule has 0 amide bonds. The second-order valence-electron chi connectivity index (χ2n) is 2.65. The fraction of sp³-hybridized carbons (Fsp3) is 0.600. The summed E-state index contributed by atoms with van der Waals surface area (Å²) in [4.78, 5) is 10.9. The average Bonchev–Trinajstić information content (AvgIpc) is 2.23. The summed E-state index contributed by atoms with van der Waals surface area (Å²) in [6.07, 6.45) is 3.33. The summed E-state index contributed by atoms with van der Waals surface area (Å²) >= 11 is 0.880. The van der Waals surface area contributed by atoms with E-state index in [0.717, 1.165) is 24.6 Å². The highest BCUT2D eigenvalue weighted by molar-refractivity contribution is 8.06. The molecule has 0 saturated heterocycles. The third-order valence-electron chi connectivity index (χ3n) is 1.44. The largest absolute Gasteiger partial charge is 0.460 e. The van der Waals surface area contributed by atoms with Crippen LogP contribution in [0.2, 0.25) is 0 Å². The zero-order chi connectivity index (χ0) is 11.4. The summed E-state index contributed by atoms with van der Waals surface area (Å²) in [6, 6.07) is 0. The highest BCUT2D eigenvalue weighted by atomic mass is 32.2. The molecule has 0 bridgehead atoms. The number of hydrogen-bond acceptors (Lipinski definition) is 5. The lowest BCUT2D eigenvalue weighted by atomic mass is 10.4. The predicted molar refractivity (Wildman–Crippen MR) is 59.0 cm³/mol. The van der Waals surface area contributed by atoms with Crippen LogP contribution >= 0.6 is 11.8 Å². The van der Waals surface area contributed by atoms with Crippen LogP contribution in [-0.2, 0) is 14.3 Å². The number of nitriles is 1. The van der Waals surface area contributed by atoms with Crippen molar-refractivity contribution in [3.63, 3.8) is 0 Å². The lowest BCUT2D eigenvalue weighted by molar-refractivity contribution is -0.139. The molecule has 0 rings (SSSR count). The number of rotatable bonds is 8. The number of carbonyl (C=O) groups excluding carboxylic acids is 1. The number of hydrogen-bond donors (Lipinski definition) is 0. The van der Waals surface area contributed by atoms with Crippen molar-refractivity contribution in [3.05, 3.63) is 11.5 Å². The zero-order valence-corrected chi connectivity index (χ0v) is 9.59. The van der Waals surface area contributed by atoms with Gasteiger partial charge in [-0.25, -0.2) is 4.79 Å². The number of esters is 1. The molecule has 0 aliphatic rings. The summed E-state index contributed by atoms with van der Waals surface area (Å²) in [7, 11) is 0. The van der Waals surface area contributed by atoms with Crippen LogP contribution in [0.3, 0.4) is 0 Å². The molecule has 0 N–H and O–H groups in total. The predicted octanol–water partition coefficient (Wildman–Crippen LogP) is 2.07. The molecular weight excluding hydrogens is 214 g/mol. The van der Waals surface area contributed by atoms with Gasteiger partial charge in [-0.1, -0.05) is 13.3 Å². The number of unbranched alkanes of at least 4 members (excludes halogenated alkanes) is 1. The summed E-state index contributed by atoms with van der Waals surface area (Å²) in [6.45, 7) is 3.46. The SMILES string of the molecule is CCCCOCCOC(=O)/C=C\SC#N. The van der Waals surface area contributed by atoms with Crippen molar-refractivity contribution >= 4 is 17.7 Å². The lowest BCUT2D eigenvalue weighted by Crippen LogP contribution is -2.08. The standard InChI is InChI=1S/C10H15NO3S/c1-2-3-5-13-6-7-14-10(12)4-8-15-9-11/h4,8H,2-3,5-7H2,1H3/b8-4-. The van der Waals surface area contributed by atoms with Crippen molar-refractivity contribution in [1.82, 2.24) is 0 Å². The van der Waals surface area contributed by atoms with Gasteiger partial charge in [0.15, 0.2) is 0 Å². The first-order chi connectivity index (χ1) is 7.31. The molecule has 0 saturated carbocycles. The van der Waals surface area contributed by atoms with Gasteiger partial charge in [-0.15, -0.1) is 0 Å².